The molecule has 1 rings (SSSR count). The summed E-state index contributed by atoms with van der Waals surface area (Å²) in [6.45, 7) is 0.718. The van der Waals surface area contributed by atoms with Gasteiger partial charge in [0.25, 0.3) is 0 Å². The molecule has 96 valence electrons. The van der Waals surface area contributed by atoms with E-state index in [1.54, 1.807) is 12.1 Å². The molecule has 1 unspecified atom stereocenters. The van der Waals surface area contributed by atoms with E-state index in [0.29, 0.717) is 4.90 Å². The number of benzene rings is 1. The first-order chi connectivity index (χ1) is 7.93. The van der Waals surface area contributed by atoms with Crippen LogP contribution in [0.25, 0.3) is 0 Å². The molecule has 1 aromatic rings. The molecule has 0 fully saturated rings. The van der Waals surface area contributed by atoms with Gasteiger partial charge in [-0.3, -0.25) is 0 Å². The Morgan fingerprint density at radius 2 is 1.88 bits per heavy atom. The van der Waals surface area contributed by atoms with Crippen molar-refractivity contribution >= 4 is 11.8 Å². The summed E-state index contributed by atoms with van der Waals surface area (Å²) >= 11 is 0.992. The number of halogens is 3. The number of alkyl halides is 3. The molecule has 2 nitrogen and oxygen atoms in total. The molecular formula is C11H14F3NOS. The van der Waals surface area contributed by atoms with Gasteiger partial charge in [0.1, 0.15) is 0 Å². The fourth-order valence-electron chi connectivity index (χ4n) is 1.18. The number of hydrogen-bond acceptors (Lipinski definition) is 3. The van der Waals surface area contributed by atoms with Gasteiger partial charge in [0, 0.05) is 17.2 Å². The van der Waals surface area contributed by atoms with Crippen molar-refractivity contribution in [2.24, 2.45) is 0 Å². The molecule has 17 heavy (non-hydrogen) atoms. The first kappa shape index (κ1) is 14.3. The van der Waals surface area contributed by atoms with Crippen molar-refractivity contribution in [2.45, 2.75) is 23.7 Å². The third-order valence-corrected chi connectivity index (χ3v) is 3.18. The van der Waals surface area contributed by atoms with Crippen LogP contribution >= 0.6 is 11.8 Å². The molecule has 0 spiro atoms. The van der Waals surface area contributed by atoms with Crippen LogP contribution in [0, 0.1) is 0 Å². The molecule has 0 saturated heterocycles. The lowest BCUT2D eigenvalue weighted by Gasteiger charge is -2.13. The number of aliphatic hydroxyl groups is 1. The molecular weight excluding hydrogens is 251 g/mol. The zero-order valence-corrected chi connectivity index (χ0v) is 10.1. The summed E-state index contributed by atoms with van der Waals surface area (Å²) in [6.07, 6.45) is -6.82. The topological polar surface area (TPSA) is 32.3 Å². The largest absolute Gasteiger partial charge is 0.415 e. The van der Waals surface area contributed by atoms with Gasteiger partial charge in [-0.25, -0.2) is 0 Å². The molecule has 0 aromatic heterocycles. The molecule has 2 N–H and O–H groups in total. The van der Waals surface area contributed by atoms with E-state index in [0.717, 1.165) is 23.9 Å². The highest BCUT2D eigenvalue weighted by Gasteiger charge is 2.37. The quantitative estimate of drug-likeness (QED) is 0.802. The van der Waals surface area contributed by atoms with Gasteiger partial charge in [0.2, 0.25) is 0 Å². The van der Waals surface area contributed by atoms with E-state index >= 15 is 0 Å². The average molecular weight is 265 g/mol. The number of aliphatic hydroxyl groups excluding tert-OH is 1. The molecule has 0 aliphatic rings. The van der Waals surface area contributed by atoms with Crippen LogP contribution in [0.15, 0.2) is 29.2 Å². The van der Waals surface area contributed by atoms with Crippen molar-refractivity contribution in [3.63, 3.8) is 0 Å². The van der Waals surface area contributed by atoms with Crippen molar-refractivity contribution < 1.29 is 18.3 Å². The second-order valence-corrected chi connectivity index (χ2v) is 4.64. The second kappa shape index (κ2) is 6.28. The summed E-state index contributed by atoms with van der Waals surface area (Å²) in [5, 5.41) is 11.8. The Bertz CT molecular complexity index is 340. The molecule has 0 radical (unpaired) electrons. The Morgan fingerprint density at radius 1 is 1.29 bits per heavy atom. The average Bonchev–Trinajstić information content (AvgIpc) is 2.27. The molecule has 0 amide bonds. The van der Waals surface area contributed by atoms with Crippen LogP contribution < -0.4 is 5.32 Å². The lowest BCUT2D eigenvalue weighted by molar-refractivity contribution is -0.195. The van der Waals surface area contributed by atoms with Gasteiger partial charge in [-0.1, -0.05) is 12.1 Å². The first-order valence-corrected chi connectivity index (χ1v) is 6.03. The Kier molecular flexibility index (Phi) is 5.30. The zero-order valence-electron chi connectivity index (χ0n) is 9.29. The highest BCUT2D eigenvalue weighted by atomic mass is 32.2. The molecule has 0 aliphatic carbocycles. The van der Waals surface area contributed by atoms with E-state index < -0.39 is 12.3 Å². The van der Waals surface area contributed by atoms with Crippen LogP contribution in [0.4, 0.5) is 13.2 Å². The maximum atomic E-state index is 12.0. The number of nitrogens with one attached hydrogen (secondary N) is 1. The summed E-state index contributed by atoms with van der Waals surface area (Å²) < 4.78 is 36.1. The Hall–Kier alpha value is -0.720. The summed E-state index contributed by atoms with van der Waals surface area (Å²) in [5.74, 6) is -0.380. The van der Waals surface area contributed by atoms with Crippen LogP contribution in [0.1, 0.15) is 5.56 Å². The minimum Gasteiger partial charge on any atom is -0.383 e. The molecule has 0 bridgehead atoms. The zero-order chi connectivity index (χ0) is 12.9. The van der Waals surface area contributed by atoms with Gasteiger partial charge >= 0.3 is 6.18 Å². The van der Waals surface area contributed by atoms with E-state index in [9.17, 15) is 13.2 Å². The second-order valence-electron chi connectivity index (χ2n) is 3.54. The lowest BCUT2D eigenvalue weighted by Crippen LogP contribution is -2.30. The van der Waals surface area contributed by atoms with Crippen molar-refractivity contribution in [1.82, 2.24) is 5.32 Å². The fourth-order valence-corrected chi connectivity index (χ4v) is 2.05. The summed E-state index contributed by atoms with van der Waals surface area (Å²) in [7, 11) is 1.82. The van der Waals surface area contributed by atoms with Crippen LogP contribution in [-0.2, 0) is 6.54 Å². The number of hydrogen-bond donors (Lipinski definition) is 2. The van der Waals surface area contributed by atoms with Crippen LogP contribution in [0.2, 0.25) is 0 Å². The monoisotopic (exact) mass is 265 g/mol. The predicted octanol–water partition coefficient (Wildman–Crippen LogP) is 2.42. The molecule has 0 saturated carbocycles. The SMILES string of the molecule is CNCc1ccc(SCC(O)C(F)(F)F)cc1. The standard InChI is InChI=1S/C11H14F3NOS/c1-15-6-8-2-4-9(5-3-8)17-7-10(16)11(12,13)14/h2-5,10,15-16H,6-7H2,1H3. The summed E-state index contributed by atoms with van der Waals surface area (Å²) in [4.78, 5) is 0.716. The lowest BCUT2D eigenvalue weighted by atomic mass is 10.2. The third-order valence-electron chi connectivity index (χ3n) is 2.09. The van der Waals surface area contributed by atoms with Gasteiger partial charge in [-0.2, -0.15) is 13.2 Å². The number of thioether (sulfide) groups is 1. The van der Waals surface area contributed by atoms with E-state index in [1.165, 1.54) is 0 Å². The Labute approximate surface area is 102 Å². The van der Waals surface area contributed by atoms with Crippen LogP contribution in [0.3, 0.4) is 0 Å². The predicted molar refractivity (Wildman–Crippen MR) is 62.0 cm³/mol. The minimum absolute atomic E-state index is 0.380. The van der Waals surface area contributed by atoms with E-state index in [-0.39, 0.29) is 5.75 Å². The Morgan fingerprint density at radius 3 is 2.35 bits per heavy atom. The maximum Gasteiger partial charge on any atom is 0.415 e. The normalized spacial score (nSPS) is 13.7. The van der Waals surface area contributed by atoms with E-state index in [1.807, 2.05) is 19.2 Å². The smallest absolute Gasteiger partial charge is 0.383 e. The molecule has 1 aromatic carbocycles. The van der Waals surface area contributed by atoms with E-state index in [4.69, 9.17) is 5.11 Å². The van der Waals surface area contributed by atoms with Gasteiger partial charge in [0.05, 0.1) is 0 Å². The first-order valence-electron chi connectivity index (χ1n) is 5.04. The van der Waals surface area contributed by atoms with Gasteiger partial charge < -0.3 is 10.4 Å². The van der Waals surface area contributed by atoms with Gasteiger partial charge in [-0.05, 0) is 24.7 Å². The van der Waals surface area contributed by atoms with Crippen molar-refractivity contribution in [3.05, 3.63) is 29.8 Å². The highest BCUT2D eigenvalue weighted by molar-refractivity contribution is 7.99. The molecule has 6 heteroatoms. The van der Waals surface area contributed by atoms with Crippen LogP contribution in [-0.4, -0.2) is 30.2 Å². The Balaban J connectivity index is 2.47. The van der Waals surface area contributed by atoms with Crippen molar-refractivity contribution in [1.29, 1.82) is 0 Å². The maximum absolute atomic E-state index is 12.0. The molecule has 0 aliphatic heterocycles. The van der Waals surface area contributed by atoms with Crippen molar-refractivity contribution in [2.75, 3.05) is 12.8 Å². The molecule has 1 atom stereocenters. The van der Waals surface area contributed by atoms with E-state index in [2.05, 4.69) is 5.32 Å². The summed E-state index contributed by atoms with van der Waals surface area (Å²) in [5.41, 5.74) is 1.06. The van der Waals surface area contributed by atoms with Crippen molar-refractivity contribution in [3.8, 4) is 0 Å². The summed E-state index contributed by atoms with van der Waals surface area (Å²) in [6, 6.07) is 7.19. The van der Waals surface area contributed by atoms with Crippen LogP contribution in [0.5, 0.6) is 0 Å². The minimum atomic E-state index is -4.54. The van der Waals surface area contributed by atoms with Gasteiger partial charge in [0.15, 0.2) is 6.10 Å². The highest BCUT2D eigenvalue weighted by Crippen LogP contribution is 2.26. The van der Waals surface area contributed by atoms with Gasteiger partial charge in [-0.15, -0.1) is 11.8 Å². The number of rotatable bonds is 5. The molecule has 0 heterocycles. The third kappa shape index (κ3) is 4.97. The fraction of sp³-hybridized carbons (Fsp3) is 0.455.